The Hall–Kier alpha value is -2.58. The third-order valence-electron chi connectivity index (χ3n) is 4.51. The van der Waals surface area contributed by atoms with E-state index < -0.39 is 0 Å². The summed E-state index contributed by atoms with van der Waals surface area (Å²) in [6.45, 7) is 3.94. The van der Waals surface area contributed by atoms with Gasteiger partial charge >= 0.3 is 0 Å². The number of nitrogens with one attached hydrogen (secondary N) is 1. The van der Waals surface area contributed by atoms with Crippen molar-refractivity contribution in [2.45, 2.75) is 30.5 Å². The van der Waals surface area contributed by atoms with Gasteiger partial charge in [0.15, 0.2) is 0 Å². The van der Waals surface area contributed by atoms with Crippen LogP contribution in [0.4, 0.5) is 5.69 Å². The first-order valence-corrected chi connectivity index (χ1v) is 10.7. The van der Waals surface area contributed by atoms with Gasteiger partial charge in [0.25, 0.3) is 0 Å². The number of fused-ring (bicyclic) bond motifs is 3. The summed E-state index contributed by atoms with van der Waals surface area (Å²) in [5.41, 5.74) is 2.84. The van der Waals surface area contributed by atoms with Crippen LogP contribution in [0, 0.1) is 6.92 Å². The van der Waals surface area contributed by atoms with Crippen LogP contribution >= 0.6 is 23.1 Å². The SMILES string of the molecule is CC[C@@H](Sc1nnc(C)n2c1cc1sccc12)C(=O)Nc1cccc(OC)c1. The van der Waals surface area contributed by atoms with Gasteiger partial charge in [-0.25, -0.2) is 0 Å². The Balaban J connectivity index is 1.61. The molecule has 1 N–H and O–H groups in total. The van der Waals surface area contributed by atoms with Crippen molar-refractivity contribution < 1.29 is 9.53 Å². The molecule has 0 bridgehead atoms. The summed E-state index contributed by atoms with van der Waals surface area (Å²) >= 11 is 3.14. The smallest absolute Gasteiger partial charge is 0.237 e. The van der Waals surface area contributed by atoms with Gasteiger partial charge in [-0.15, -0.1) is 21.5 Å². The van der Waals surface area contributed by atoms with E-state index in [4.69, 9.17) is 4.74 Å². The lowest BCUT2D eigenvalue weighted by atomic mass is 10.2. The number of rotatable bonds is 6. The van der Waals surface area contributed by atoms with Crippen LogP contribution in [0.15, 0.2) is 46.8 Å². The quantitative estimate of drug-likeness (QED) is 0.462. The molecule has 0 aliphatic rings. The molecule has 4 rings (SSSR count). The largest absolute Gasteiger partial charge is 0.497 e. The second-order valence-corrected chi connectivity index (χ2v) is 8.46. The molecule has 0 unspecified atom stereocenters. The molecule has 0 saturated heterocycles. The van der Waals surface area contributed by atoms with Crippen molar-refractivity contribution in [3.05, 3.63) is 47.6 Å². The minimum absolute atomic E-state index is 0.0605. The fourth-order valence-electron chi connectivity index (χ4n) is 3.11. The molecule has 0 saturated carbocycles. The van der Waals surface area contributed by atoms with Crippen LogP contribution in [0.5, 0.6) is 5.75 Å². The first-order valence-electron chi connectivity index (χ1n) is 8.94. The number of benzene rings is 1. The molecule has 1 amide bonds. The van der Waals surface area contributed by atoms with Gasteiger partial charge in [-0.3, -0.25) is 9.20 Å². The second kappa shape index (κ2) is 7.81. The molecule has 3 aromatic heterocycles. The number of hydrogen-bond donors (Lipinski definition) is 1. The molecule has 28 heavy (non-hydrogen) atoms. The van der Waals surface area contributed by atoms with E-state index in [1.54, 1.807) is 24.5 Å². The van der Waals surface area contributed by atoms with Crippen LogP contribution in [-0.2, 0) is 4.79 Å². The van der Waals surface area contributed by atoms with E-state index in [1.807, 2.05) is 32.0 Å². The van der Waals surface area contributed by atoms with Crippen molar-refractivity contribution in [2.75, 3.05) is 12.4 Å². The monoisotopic (exact) mass is 412 g/mol. The maximum atomic E-state index is 12.8. The van der Waals surface area contributed by atoms with E-state index >= 15 is 0 Å². The Bertz CT molecular complexity index is 1150. The Morgan fingerprint density at radius 1 is 1.29 bits per heavy atom. The molecule has 0 aliphatic carbocycles. The van der Waals surface area contributed by atoms with Crippen LogP contribution in [0.3, 0.4) is 0 Å². The number of nitrogens with zero attached hydrogens (tertiary/aromatic N) is 3. The number of anilines is 1. The average molecular weight is 413 g/mol. The highest BCUT2D eigenvalue weighted by Gasteiger charge is 2.22. The van der Waals surface area contributed by atoms with E-state index in [2.05, 4.69) is 37.4 Å². The van der Waals surface area contributed by atoms with Crippen molar-refractivity contribution in [2.24, 2.45) is 0 Å². The van der Waals surface area contributed by atoms with Gasteiger partial charge in [-0.2, -0.15) is 0 Å². The minimum Gasteiger partial charge on any atom is -0.497 e. The van der Waals surface area contributed by atoms with Crippen molar-refractivity contribution in [3.63, 3.8) is 0 Å². The van der Waals surface area contributed by atoms with Gasteiger partial charge in [-0.05, 0) is 43.0 Å². The number of aryl methyl sites for hydroxylation is 1. The molecule has 6 nitrogen and oxygen atoms in total. The zero-order valence-corrected chi connectivity index (χ0v) is 17.4. The molecule has 1 aromatic carbocycles. The number of ether oxygens (including phenoxy) is 1. The van der Waals surface area contributed by atoms with Crippen molar-refractivity contribution in [1.82, 2.24) is 14.6 Å². The molecule has 3 heterocycles. The van der Waals surface area contributed by atoms with E-state index in [-0.39, 0.29) is 11.2 Å². The van der Waals surface area contributed by atoms with Gasteiger partial charge < -0.3 is 10.1 Å². The van der Waals surface area contributed by atoms with Crippen LogP contribution < -0.4 is 10.1 Å². The van der Waals surface area contributed by atoms with Crippen LogP contribution in [0.2, 0.25) is 0 Å². The summed E-state index contributed by atoms with van der Waals surface area (Å²) in [5, 5.41) is 14.2. The standard InChI is InChI=1S/C20H20N4O2S2/c1-4-17(19(25)21-13-6-5-7-14(10-13)26-3)28-20-16-11-18-15(8-9-27-18)24(16)12(2)22-23-20/h5-11,17H,4H2,1-3H3,(H,21,25)/t17-/m1/s1. The zero-order chi connectivity index (χ0) is 19.7. The molecule has 1 atom stereocenters. The summed E-state index contributed by atoms with van der Waals surface area (Å²) in [6, 6.07) is 11.6. The van der Waals surface area contributed by atoms with Crippen LogP contribution in [-0.4, -0.2) is 32.9 Å². The molecule has 8 heteroatoms. The first kappa shape index (κ1) is 18.8. The predicted octanol–water partition coefficient (Wildman–Crippen LogP) is 4.77. The number of thioether (sulfide) groups is 1. The van der Waals surface area contributed by atoms with E-state index in [0.29, 0.717) is 17.9 Å². The number of thiophene rings is 1. The third kappa shape index (κ3) is 3.45. The highest BCUT2D eigenvalue weighted by molar-refractivity contribution is 8.00. The third-order valence-corrected chi connectivity index (χ3v) is 6.70. The molecule has 4 aromatic rings. The summed E-state index contributed by atoms with van der Waals surface area (Å²) in [7, 11) is 1.61. The van der Waals surface area contributed by atoms with Gasteiger partial charge in [0.05, 0.1) is 28.1 Å². The molecular weight excluding hydrogens is 392 g/mol. The lowest BCUT2D eigenvalue weighted by Gasteiger charge is -2.15. The Morgan fingerprint density at radius 2 is 2.14 bits per heavy atom. The minimum atomic E-state index is -0.278. The fraction of sp³-hybridized carbons (Fsp3) is 0.250. The van der Waals surface area contributed by atoms with Crippen LogP contribution in [0.25, 0.3) is 15.7 Å². The lowest BCUT2D eigenvalue weighted by molar-refractivity contribution is -0.115. The van der Waals surface area contributed by atoms with E-state index in [9.17, 15) is 4.79 Å². The maximum Gasteiger partial charge on any atom is 0.237 e. The number of hydrogen-bond acceptors (Lipinski definition) is 6. The Kier molecular flexibility index (Phi) is 5.23. The number of carbonyl (C=O) groups is 1. The van der Waals surface area contributed by atoms with Crippen molar-refractivity contribution in [3.8, 4) is 5.75 Å². The molecule has 0 fully saturated rings. The van der Waals surface area contributed by atoms with Gasteiger partial charge in [0.2, 0.25) is 5.91 Å². The van der Waals surface area contributed by atoms with Gasteiger partial charge in [0.1, 0.15) is 16.6 Å². The normalized spacial score (nSPS) is 12.4. The summed E-state index contributed by atoms with van der Waals surface area (Å²) < 4.78 is 8.52. The molecule has 144 valence electrons. The Morgan fingerprint density at radius 3 is 2.93 bits per heavy atom. The first-order chi connectivity index (χ1) is 13.6. The molecule has 0 aliphatic heterocycles. The number of carbonyl (C=O) groups excluding carboxylic acids is 1. The van der Waals surface area contributed by atoms with Crippen LogP contribution in [0.1, 0.15) is 19.2 Å². The van der Waals surface area contributed by atoms with Gasteiger partial charge in [-0.1, -0.05) is 24.8 Å². The zero-order valence-electron chi connectivity index (χ0n) is 15.8. The Labute approximate surface area is 170 Å². The van der Waals surface area contributed by atoms with Crippen molar-refractivity contribution >= 4 is 50.4 Å². The maximum absolute atomic E-state index is 12.8. The average Bonchev–Trinajstić information content (AvgIpc) is 3.29. The summed E-state index contributed by atoms with van der Waals surface area (Å²) in [4.78, 5) is 12.8. The second-order valence-electron chi connectivity index (χ2n) is 6.32. The number of methoxy groups -OCH3 is 1. The topological polar surface area (TPSA) is 68.5 Å². The summed E-state index contributed by atoms with van der Waals surface area (Å²) in [5.74, 6) is 1.48. The van der Waals surface area contributed by atoms with E-state index in [0.717, 1.165) is 21.9 Å². The van der Waals surface area contributed by atoms with Gasteiger partial charge in [0, 0.05) is 11.8 Å². The highest BCUT2D eigenvalue weighted by Crippen LogP contribution is 2.33. The lowest BCUT2D eigenvalue weighted by Crippen LogP contribution is -2.24. The molecule has 0 radical (unpaired) electrons. The van der Waals surface area contributed by atoms with Crippen molar-refractivity contribution in [1.29, 1.82) is 0 Å². The van der Waals surface area contributed by atoms with E-state index in [1.165, 1.54) is 16.5 Å². The predicted molar refractivity (Wildman–Crippen MR) is 115 cm³/mol. The number of aromatic nitrogens is 3. The summed E-state index contributed by atoms with van der Waals surface area (Å²) in [6.07, 6.45) is 0.678. The fourth-order valence-corrected chi connectivity index (χ4v) is 4.87. The molecule has 0 spiro atoms. The molecular formula is C20H20N4O2S2. The number of amides is 1. The highest BCUT2D eigenvalue weighted by atomic mass is 32.2.